The van der Waals surface area contributed by atoms with Gasteiger partial charge in [0.2, 0.25) is 5.91 Å². The van der Waals surface area contributed by atoms with Gasteiger partial charge in [-0.1, -0.05) is 19.1 Å². The number of ether oxygens (including phenoxy) is 1. The van der Waals surface area contributed by atoms with Gasteiger partial charge in [-0.2, -0.15) is 0 Å². The quantitative estimate of drug-likeness (QED) is 0.779. The molecule has 0 fully saturated rings. The first-order valence-electron chi connectivity index (χ1n) is 6.26. The van der Waals surface area contributed by atoms with Gasteiger partial charge in [0, 0.05) is 18.8 Å². The van der Waals surface area contributed by atoms with Crippen LogP contribution in [0, 0.1) is 0 Å². The van der Waals surface area contributed by atoms with Crippen LogP contribution in [0.2, 0.25) is 0 Å². The molecule has 2 N–H and O–H groups in total. The van der Waals surface area contributed by atoms with E-state index in [1.54, 1.807) is 7.11 Å². The molecular formula is C14H22N2O2. The van der Waals surface area contributed by atoms with Gasteiger partial charge in [0.15, 0.2) is 0 Å². The predicted octanol–water partition coefficient (Wildman–Crippen LogP) is 2.16. The number of rotatable bonds is 7. The van der Waals surface area contributed by atoms with Crippen LogP contribution in [0.5, 0.6) is 0 Å². The first kappa shape index (κ1) is 14.7. The molecule has 0 aromatic heterocycles. The summed E-state index contributed by atoms with van der Waals surface area (Å²) in [5, 5.41) is 6.00. The molecule has 0 bridgehead atoms. The summed E-state index contributed by atoms with van der Waals surface area (Å²) in [6, 6.07) is 8.02. The van der Waals surface area contributed by atoms with Crippen molar-refractivity contribution in [2.75, 3.05) is 19.0 Å². The Morgan fingerprint density at radius 2 is 2.00 bits per heavy atom. The molecule has 0 heterocycles. The molecule has 4 heteroatoms. The number of hydrogen-bond acceptors (Lipinski definition) is 3. The van der Waals surface area contributed by atoms with Crippen molar-refractivity contribution in [3.63, 3.8) is 0 Å². The van der Waals surface area contributed by atoms with E-state index in [1.807, 2.05) is 24.3 Å². The van der Waals surface area contributed by atoms with Crippen molar-refractivity contribution in [3.05, 3.63) is 29.8 Å². The summed E-state index contributed by atoms with van der Waals surface area (Å²) < 4.78 is 5.03. The molecule has 18 heavy (non-hydrogen) atoms. The fourth-order valence-corrected chi connectivity index (χ4v) is 1.47. The summed E-state index contributed by atoms with van der Waals surface area (Å²) in [7, 11) is 1.66. The molecule has 100 valence electrons. The number of carbonyl (C=O) groups excluding carboxylic acids is 1. The van der Waals surface area contributed by atoms with Crippen molar-refractivity contribution >= 4 is 11.6 Å². The van der Waals surface area contributed by atoms with Gasteiger partial charge in [-0.3, -0.25) is 4.79 Å². The molecule has 0 aliphatic carbocycles. The van der Waals surface area contributed by atoms with Crippen LogP contribution in [0.1, 0.15) is 25.8 Å². The fraction of sp³-hybridized carbons (Fsp3) is 0.500. The lowest BCUT2D eigenvalue weighted by Crippen LogP contribution is -2.33. The number of carbonyl (C=O) groups is 1. The molecule has 1 amide bonds. The second kappa shape index (κ2) is 7.84. The van der Waals surface area contributed by atoms with E-state index in [9.17, 15) is 4.79 Å². The maximum absolute atomic E-state index is 11.6. The highest BCUT2D eigenvalue weighted by Gasteiger charge is 2.04. The summed E-state index contributed by atoms with van der Waals surface area (Å²) in [5.74, 6) is -0.0187. The minimum absolute atomic E-state index is 0.0187. The Balaban J connectivity index is 2.39. The summed E-state index contributed by atoms with van der Waals surface area (Å²) in [5.41, 5.74) is 1.90. The maximum Gasteiger partial charge on any atom is 0.238 e. The number of benzene rings is 1. The minimum atomic E-state index is -0.0187. The summed E-state index contributed by atoms with van der Waals surface area (Å²) in [6.07, 6.45) is 1.01. The zero-order valence-electron chi connectivity index (χ0n) is 11.3. The summed E-state index contributed by atoms with van der Waals surface area (Å²) in [6.45, 7) is 5.08. The van der Waals surface area contributed by atoms with E-state index in [1.165, 1.54) is 0 Å². The van der Waals surface area contributed by atoms with Crippen molar-refractivity contribution in [2.24, 2.45) is 0 Å². The fourth-order valence-electron chi connectivity index (χ4n) is 1.47. The minimum Gasteiger partial charge on any atom is -0.380 e. The highest BCUT2D eigenvalue weighted by molar-refractivity contribution is 5.92. The molecule has 1 aromatic carbocycles. The Morgan fingerprint density at radius 3 is 2.56 bits per heavy atom. The topological polar surface area (TPSA) is 50.4 Å². The van der Waals surface area contributed by atoms with Gasteiger partial charge in [0.1, 0.15) is 0 Å². The van der Waals surface area contributed by atoms with Crippen LogP contribution in [0.25, 0.3) is 0 Å². The van der Waals surface area contributed by atoms with Gasteiger partial charge < -0.3 is 15.4 Å². The van der Waals surface area contributed by atoms with Crippen LogP contribution < -0.4 is 10.6 Å². The number of hydrogen-bond donors (Lipinski definition) is 2. The average molecular weight is 250 g/mol. The third kappa shape index (κ3) is 5.29. The Bertz CT molecular complexity index is 363. The van der Waals surface area contributed by atoms with E-state index >= 15 is 0 Å². The van der Waals surface area contributed by atoms with Crippen LogP contribution in [-0.4, -0.2) is 25.6 Å². The van der Waals surface area contributed by atoms with Crippen molar-refractivity contribution in [2.45, 2.75) is 32.9 Å². The number of amides is 1. The predicted molar refractivity (Wildman–Crippen MR) is 73.5 cm³/mol. The number of anilines is 1. The Kier molecular flexibility index (Phi) is 6.39. The van der Waals surface area contributed by atoms with E-state index in [2.05, 4.69) is 24.5 Å². The van der Waals surface area contributed by atoms with Crippen molar-refractivity contribution in [3.8, 4) is 0 Å². The Hall–Kier alpha value is -1.39. The molecule has 4 nitrogen and oxygen atoms in total. The molecule has 0 aliphatic rings. The average Bonchev–Trinajstić information content (AvgIpc) is 2.38. The van der Waals surface area contributed by atoms with Crippen LogP contribution in [0.3, 0.4) is 0 Å². The molecule has 1 atom stereocenters. The lowest BCUT2D eigenvalue weighted by atomic mass is 10.2. The number of methoxy groups -OCH3 is 1. The first-order chi connectivity index (χ1) is 8.65. The van der Waals surface area contributed by atoms with Gasteiger partial charge in [-0.05, 0) is 31.0 Å². The monoisotopic (exact) mass is 250 g/mol. The van der Waals surface area contributed by atoms with Crippen LogP contribution in [0.15, 0.2) is 24.3 Å². The molecule has 0 radical (unpaired) electrons. The SMILES string of the molecule is CCC(C)NCC(=O)Nc1ccc(COC)cc1. The van der Waals surface area contributed by atoms with Gasteiger partial charge in [0.25, 0.3) is 0 Å². The van der Waals surface area contributed by atoms with Gasteiger partial charge in [0.05, 0.1) is 13.2 Å². The van der Waals surface area contributed by atoms with E-state index in [4.69, 9.17) is 4.74 Å². The molecule has 0 saturated heterocycles. The standard InChI is InChI=1S/C14H22N2O2/c1-4-11(2)15-9-14(17)16-13-7-5-12(6-8-13)10-18-3/h5-8,11,15H,4,9-10H2,1-3H3,(H,16,17). The highest BCUT2D eigenvalue weighted by atomic mass is 16.5. The smallest absolute Gasteiger partial charge is 0.238 e. The molecule has 0 saturated carbocycles. The molecule has 1 rings (SSSR count). The zero-order valence-corrected chi connectivity index (χ0v) is 11.3. The molecule has 1 aromatic rings. The maximum atomic E-state index is 11.6. The summed E-state index contributed by atoms with van der Waals surface area (Å²) >= 11 is 0. The van der Waals surface area contributed by atoms with Crippen molar-refractivity contribution < 1.29 is 9.53 Å². The molecule has 0 spiro atoms. The number of nitrogens with one attached hydrogen (secondary N) is 2. The van der Waals surface area contributed by atoms with Crippen molar-refractivity contribution in [1.29, 1.82) is 0 Å². The lowest BCUT2D eigenvalue weighted by Gasteiger charge is -2.11. The van der Waals surface area contributed by atoms with Crippen LogP contribution in [0.4, 0.5) is 5.69 Å². The van der Waals surface area contributed by atoms with E-state index in [-0.39, 0.29) is 5.91 Å². The van der Waals surface area contributed by atoms with E-state index in [0.29, 0.717) is 19.2 Å². The zero-order chi connectivity index (χ0) is 13.4. The van der Waals surface area contributed by atoms with E-state index in [0.717, 1.165) is 17.7 Å². The van der Waals surface area contributed by atoms with Crippen molar-refractivity contribution in [1.82, 2.24) is 5.32 Å². The largest absolute Gasteiger partial charge is 0.380 e. The van der Waals surface area contributed by atoms with E-state index < -0.39 is 0 Å². The second-order valence-corrected chi connectivity index (χ2v) is 4.37. The molecular weight excluding hydrogens is 228 g/mol. The Morgan fingerprint density at radius 1 is 1.33 bits per heavy atom. The highest BCUT2D eigenvalue weighted by Crippen LogP contribution is 2.09. The summed E-state index contributed by atoms with van der Waals surface area (Å²) in [4.78, 5) is 11.6. The third-order valence-electron chi connectivity index (χ3n) is 2.77. The molecule has 0 aliphatic heterocycles. The van der Waals surface area contributed by atoms with Gasteiger partial charge in [-0.15, -0.1) is 0 Å². The Labute approximate surface area is 109 Å². The van der Waals surface area contributed by atoms with Crippen LogP contribution >= 0.6 is 0 Å². The van der Waals surface area contributed by atoms with Gasteiger partial charge >= 0.3 is 0 Å². The second-order valence-electron chi connectivity index (χ2n) is 4.37. The normalized spacial score (nSPS) is 12.2. The molecule has 1 unspecified atom stereocenters. The van der Waals surface area contributed by atoms with Gasteiger partial charge in [-0.25, -0.2) is 0 Å². The lowest BCUT2D eigenvalue weighted by molar-refractivity contribution is -0.115. The first-order valence-corrected chi connectivity index (χ1v) is 6.26. The third-order valence-corrected chi connectivity index (χ3v) is 2.77. The van der Waals surface area contributed by atoms with Crippen LogP contribution in [-0.2, 0) is 16.1 Å².